The smallest absolute Gasteiger partial charge is 0.167 e. The Labute approximate surface area is 151 Å². The summed E-state index contributed by atoms with van der Waals surface area (Å²) in [6.07, 6.45) is 0.762. The van der Waals surface area contributed by atoms with Gasteiger partial charge in [0.25, 0.3) is 0 Å². The zero-order chi connectivity index (χ0) is 18.5. The lowest BCUT2D eigenvalue weighted by molar-refractivity contribution is 0.0941. The van der Waals surface area contributed by atoms with E-state index in [0.717, 1.165) is 12.0 Å². The number of rotatable bonds is 2. The zero-order valence-corrected chi connectivity index (χ0v) is 16.3. The van der Waals surface area contributed by atoms with Crippen LogP contribution in [0.25, 0.3) is 11.1 Å². The average Bonchev–Trinajstić information content (AvgIpc) is 2.80. The van der Waals surface area contributed by atoms with Gasteiger partial charge in [0, 0.05) is 18.0 Å². The van der Waals surface area contributed by atoms with Gasteiger partial charge in [-0.05, 0) is 66.5 Å². The van der Waals surface area contributed by atoms with Crippen molar-refractivity contribution in [3.05, 3.63) is 57.6 Å². The van der Waals surface area contributed by atoms with Gasteiger partial charge in [-0.25, -0.2) is 0 Å². The summed E-state index contributed by atoms with van der Waals surface area (Å²) in [6, 6.07) is 8.81. The quantitative estimate of drug-likeness (QED) is 0.849. The van der Waals surface area contributed by atoms with Gasteiger partial charge in [0.2, 0.25) is 0 Å². The normalized spacial score (nSPS) is 17.1. The van der Waals surface area contributed by atoms with Crippen molar-refractivity contribution in [1.29, 1.82) is 0 Å². The number of Topliss-reactive ketones (excluding diaryl/α,β-unsaturated/α-hetero) is 1. The monoisotopic (exact) mass is 335 g/mol. The molecule has 2 aromatic rings. The number of fused-ring (bicyclic) bond motifs is 1. The number of nitrogens with two attached hydrogens (primary N) is 1. The number of benzene rings is 2. The third-order valence-electron chi connectivity index (χ3n) is 5.38. The molecule has 0 bridgehead atoms. The first-order valence-electron chi connectivity index (χ1n) is 9.13. The number of hydrogen-bond donors (Lipinski definition) is 1. The summed E-state index contributed by atoms with van der Waals surface area (Å²) < 4.78 is 0. The van der Waals surface area contributed by atoms with Gasteiger partial charge >= 0.3 is 0 Å². The molecule has 2 nitrogen and oxygen atoms in total. The van der Waals surface area contributed by atoms with E-state index in [1.807, 2.05) is 0 Å². The van der Waals surface area contributed by atoms with Crippen molar-refractivity contribution in [3.8, 4) is 11.1 Å². The Morgan fingerprint density at radius 3 is 2.16 bits per heavy atom. The van der Waals surface area contributed by atoms with Gasteiger partial charge in [-0.15, -0.1) is 0 Å². The summed E-state index contributed by atoms with van der Waals surface area (Å²) >= 11 is 0. The van der Waals surface area contributed by atoms with E-state index in [4.69, 9.17) is 5.73 Å². The van der Waals surface area contributed by atoms with Crippen LogP contribution in [0.3, 0.4) is 0 Å². The number of aryl methyl sites for hydroxylation is 2. The molecule has 0 amide bonds. The van der Waals surface area contributed by atoms with E-state index in [2.05, 4.69) is 65.8 Å². The minimum absolute atomic E-state index is 0.00614. The van der Waals surface area contributed by atoms with Gasteiger partial charge in [-0.2, -0.15) is 0 Å². The Kier molecular flexibility index (Phi) is 4.36. The standard InChI is InChI=1S/C23H29NO/c1-13-7-14(2)9-16(8-13)21-15(3)20(23(4,5)6)11-19-18(21)10-17(12-24)22(19)25/h7-9,11,17H,10,12,24H2,1-6H3. The van der Waals surface area contributed by atoms with Gasteiger partial charge < -0.3 is 5.73 Å². The maximum absolute atomic E-state index is 12.9. The van der Waals surface area contributed by atoms with Crippen molar-refractivity contribution in [2.75, 3.05) is 6.54 Å². The second-order valence-electron chi connectivity index (χ2n) is 8.58. The molecular weight excluding hydrogens is 306 g/mol. The second-order valence-corrected chi connectivity index (χ2v) is 8.58. The lowest BCUT2D eigenvalue weighted by atomic mass is 9.78. The summed E-state index contributed by atoms with van der Waals surface area (Å²) in [6.45, 7) is 13.5. The van der Waals surface area contributed by atoms with Gasteiger partial charge in [-0.1, -0.05) is 50.1 Å². The molecular formula is C23H29NO. The Morgan fingerprint density at radius 1 is 1.04 bits per heavy atom. The third-order valence-corrected chi connectivity index (χ3v) is 5.38. The Hall–Kier alpha value is -1.93. The van der Waals surface area contributed by atoms with Crippen LogP contribution in [-0.4, -0.2) is 12.3 Å². The molecule has 25 heavy (non-hydrogen) atoms. The molecule has 2 aromatic carbocycles. The van der Waals surface area contributed by atoms with Crippen LogP contribution in [0.15, 0.2) is 24.3 Å². The Morgan fingerprint density at radius 2 is 1.64 bits per heavy atom. The van der Waals surface area contributed by atoms with Gasteiger partial charge in [0.1, 0.15) is 0 Å². The third kappa shape index (κ3) is 3.04. The molecule has 0 spiro atoms. The first-order chi connectivity index (χ1) is 11.6. The van der Waals surface area contributed by atoms with Crippen molar-refractivity contribution in [2.45, 2.75) is 53.4 Å². The molecule has 3 rings (SSSR count). The van der Waals surface area contributed by atoms with E-state index in [-0.39, 0.29) is 17.1 Å². The molecule has 0 fully saturated rings. The topological polar surface area (TPSA) is 43.1 Å². The molecule has 1 unspecified atom stereocenters. The van der Waals surface area contributed by atoms with Crippen LogP contribution in [0, 0.1) is 26.7 Å². The number of carbonyl (C=O) groups excluding carboxylic acids is 1. The van der Waals surface area contributed by atoms with Crippen molar-refractivity contribution in [2.24, 2.45) is 11.7 Å². The van der Waals surface area contributed by atoms with Crippen LogP contribution >= 0.6 is 0 Å². The van der Waals surface area contributed by atoms with Gasteiger partial charge in [0.05, 0.1) is 0 Å². The molecule has 1 aliphatic rings. The predicted octanol–water partition coefficient (Wildman–Crippen LogP) is 4.89. The van der Waals surface area contributed by atoms with Gasteiger partial charge in [0.15, 0.2) is 5.78 Å². The van der Waals surface area contributed by atoms with Crippen LogP contribution < -0.4 is 5.73 Å². The van der Waals surface area contributed by atoms with Crippen molar-refractivity contribution < 1.29 is 4.79 Å². The summed E-state index contributed by atoms with van der Waals surface area (Å²) in [7, 11) is 0. The van der Waals surface area contributed by atoms with E-state index >= 15 is 0 Å². The van der Waals surface area contributed by atoms with E-state index in [1.54, 1.807) is 0 Å². The summed E-state index contributed by atoms with van der Waals surface area (Å²) in [4.78, 5) is 12.9. The molecule has 0 aliphatic heterocycles. The highest BCUT2D eigenvalue weighted by atomic mass is 16.1. The highest BCUT2D eigenvalue weighted by molar-refractivity contribution is 6.05. The second kappa shape index (κ2) is 6.10. The molecule has 1 atom stereocenters. The van der Waals surface area contributed by atoms with E-state index in [1.165, 1.54) is 38.9 Å². The molecule has 0 heterocycles. The molecule has 0 radical (unpaired) electrons. The minimum atomic E-state index is -0.0747. The van der Waals surface area contributed by atoms with E-state index in [9.17, 15) is 4.79 Å². The van der Waals surface area contributed by atoms with Crippen LogP contribution in [0.5, 0.6) is 0 Å². The van der Waals surface area contributed by atoms with Crippen LogP contribution in [-0.2, 0) is 11.8 Å². The average molecular weight is 335 g/mol. The SMILES string of the molecule is Cc1cc(C)cc(-c2c(C)c(C(C)(C)C)cc3c2CC(CN)C3=O)c1. The lowest BCUT2D eigenvalue weighted by Crippen LogP contribution is -2.20. The first-order valence-corrected chi connectivity index (χ1v) is 9.13. The summed E-state index contributed by atoms with van der Waals surface area (Å²) in [5.41, 5.74) is 15.5. The Balaban J connectivity index is 2.36. The molecule has 0 saturated heterocycles. The van der Waals surface area contributed by atoms with Crippen LogP contribution in [0.4, 0.5) is 0 Å². The zero-order valence-electron chi connectivity index (χ0n) is 16.3. The molecule has 1 aliphatic carbocycles. The molecule has 2 N–H and O–H groups in total. The predicted molar refractivity (Wildman–Crippen MR) is 105 cm³/mol. The van der Waals surface area contributed by atoms with Gasteiger partial charge in [-0.3, -0.25) is 4.79 Å². The van der Waals surface area contributed by atoms with Crippen molar-refractivity contribution >= 4 is 5.78 Å². The Bertz CT molecular complexity index is 835. The molecule has 0 aromatic heterocycles. The fourth-order valence-corrected chi connectivity index (χ4v) is 4.31. The fraction of sp³-hybridized carbons (Fsp3) is 0.435. The fourth-order valence-electron chi connectivity index (χ4n) is 4.31. The van der Waals surface area contributed by atoms with Crippen molar-refractivity contribution in [3.63, 3.8) is 0 Å². The summed E-state index contributed by atoms with van der Waals surface area (Å²) in [5, 5.41) is 0. The summed E-state index contributed by atoms with van der Waals surface area (Å²) in [5.74, 6) is 0.142. The maximum atomic E-state index is 12.9. The first kappa shape index (κ1) is 17.9. The highest BCUT2D eigenvalue weighted by Crippen LogP contribution is 2.42. The number of ketones is 1. The molecule has 2 heteroatoms. The largest absolute Gasteiger partial charge is 0.330 e. The van der Waals surface area contributed by atoms with Crippen LogP contribution in [0.1, 0.15) is 58.9 Å². The van der Waals surface area contributed by atoms with E-state index < -0.39 is 0 Å². The molecule has 132 valence electrons. The van der Waals surface area contributed by atoms with Crippen molar-refractivity contribution in [1.82, 2.24) is 0 Å². The minimum Gasteiger partial charge on any atom is -0.330 e. The number of carbonyl (C=O) groups is 1. The molecule has 0 saturated carbocycles. The number of hydrogen-bond acceptors (Lipinski definition) is 2. The maximum Gasteiger partial charge on any atom is 0.167 e. The highest BCUT2D eigenvalue weighted by Gasteiger charge is 2.34. The van der Waals surface area contributed by atoms with Crippen LogP contribution in [0.2, 0.25) is 0 Å². The lowest BCUT2D eigenvalue weighted by Gasteiger charge is -2.26. The van der Waals surface area contributed by atoms with E-state index in [0.29, 0.717) is 6.54 Å².